The van der Waals surface area contributed by atoms with E-state index in [0.717, 1.165) is 80.6 Å². The molecule has 5 aliphatic rings. The first-order chi connectivity index (χ1) is 33.0. The summed E-state index contributed by atoms with van der Waals surface area (Å²) in [6.07, 6.45) is 12.8. The quantitative estimate of drug-likeness (QED) is 0.0932. The number of non-ortho nitro benzene ring substituents is 1. The molecule has 11 rings (SSSR count). The number of benzene rings is 3. The Morgan fingerprint density at radius 1 is 0.941 bits per heavy atom. The fourth-order valence-electron chi connectivity index (χ4n) is 11.0. The normalized spacial score (nSPS) is 19.2. The molecule has 354 valence electrons. The molecule has 0 atom stereocenters. The predicted molar refractivity (Wildman–Crippen MR) is 261 cm³/mol. The molecule has 3 aromatic carbocycles. The van der Waals surface area contributed by atoms with Gasteiger partial charge in [0, 0.05) is 87.4 Å². The highest BCUT2D eigenvalue weighted by atomic mass is 35.5. The van der Waals surface area contributed by atoms with Crippen LogP contribution in [0.4, 0.5) is 22.7 Å². The van der Waals surface area contributed by atoms with Crippen molar-refractivity contribution in [2.45, 2.75) is 69.2 Å². The van der Waals surface area contributed by atoms with Gasteiger partial charge in [0.25, 0.3) is 21.6 Å². The van der Waals surface area contributed by atoms with E-state index in [9.17, 15) is 23.3 Å². The number of aromatic nitrogens is 4. The number of nitrogens with zero attached hydrogens (tertiary/aromatic N) is 7. The number of piperazine rings is 1. The highest BCUT2D eigenvalue weighted by Crippen LogP contribution is 2.55. The van der Waals surface area contributed by atoms with Crippen molar-refractivity contribution < 1.29 is 27.6 Å². The van der Waals surface area contributed by atoms with Crippen LogP contribution in [0.1, 0.15) is 73.7 Å². The molecule has 1 spiro atoms. The largest absolute Gasteiger partial charge is 0.476 e. The van der Waals surface area contributed by atoms with Crippen molar-refractivity contribution in [2.24, 2.45) is 11.3 Å². The number of amides is 1. The fraction of sp³-hybridized carbons (Fsp3) is 0.420. The van der Waals surface area contributed by atoms with Gasteiger partial charge in [-0.1, -0.05) is 35.7 Å². The lowest BCUT2D eigenvalue weighted by Crippen LogP contribution is -2.47. The minimum Gasteiger partial charge on any atom is -0.476 e. The van der Waals surface area contributed by atoms with Crippen molar-refractivity contribution in [3.8, 4) is 5.88 Å². The van der Waals surface area contributed by atoms with Crippen LogP contribution in [0, 0.1) is 21.4 Å². The maximum atomic E-state index is 14.6. The number of carbonyl (C=O) groups excluding carboxylic acids is 1. The van der Waals surface area contributed by atoms with Crippen LogP contribution in [0.15, 0.2) is 89.6 Å². The first-order valence-electron chi connectivity index (χ1n) is 23.7. The molecule has 0 bridgehead atoms. The monoisotopic (exact) mass is 959 g/mol. The Morgan fingerprint density at radius 2 is 1.75 bits per heavy atom. The second kappa shape index (κ2) is 18.1. The maximum absolute atomic E-state index is 14.6. The fourth-order valence-corrected chi connectivity index (χ4v) is 12.1. The number of H-pyrrole nitrogens is 1. The molecule has 2 aliphatic carbocycles. The number of nitro groups is 1. The molecule has 18 heteroatoms. The Morgan fingerprint density at radius 3 is 2.51 bits per heavy atom. The van der Waals surface area contributed by atoms with Crippen molar-refractivity contribution in [1.82, 2.24) is 29.4 Å². The van der Waals surface area contributed by atoms with Gasteiger partial charge >= 0.3 is 0 Å². The molecule has 2 N–H and O–H groups in total. The molecule has 2 saturated heterocycles. The smallest absolute Gasteiger partial charge is 0.281 e. The van der Waals surface area contributed by atoms with E-state index < -0.39 is 31.4 Å². The summed E-state index contributed by atoms with van der Waals surface area (Å²) in [5.41, 5.74) is 7.41. The second-order valence-corrected chi connectivity index (χ2v) is 21.2. The molecule has 6 aromatic rings. The molecule has 0 unspecified atom stereocenters. The van der Waals surface area contributed by atoms with Crippen LogP contribution in [0.25, 0.3) is 27.5 Å². The van der Waals surface area contributed by atoms with E-state index in [1.165, 1.54) is 54.7 Å². The zero-order valence-corrected chi connectivity index (χ0v) is 39.4. The van der Waals surface area contributed by atoms with Gasteiger partial charge in [0.05, 0.1) is 44.8 Å². The highest BCUT2D eigenvalue weighted by Gasteiger charge is 2.41. The Kier molecular flexibility index (Phi) is 11.9. The topological polar surface area (TPSA) is 181 Å². The van der Waals surface area contributed by atoms with Gasteiger partial charge in [-0.2, -0.15) is 10.1 Å². The molecular formula is C50H54ClN9O7S. The van der Waals surface area contributed by atoms with Crippen molar-refractivity contribution >= 4 is 77.8 Å². The van der Waals surface area contributed by atoms with Gasteiger partial charge in [0.2, 0.25) is 5.88 Å². The molecule has 16 nitrogen and oxygen atoms in total. The van der Waals surface area contributed by atoms with Crippen LogP contribution < -0.4 is 19.3 Å². The van der Waals surface area contributed by atoms with Crippen LogP contribution in [-0.4, -0.2) is 103 Å². The number of allylic oxidation sites excluding steroid dienone is 1. The standard InChI is InChI=1S/C50H54ClN9O7S/c51-37-5-3-34(4-6-37)41-29-50(13-1-14-50)15-9-36(41)32-56-18-20-57(21-19-56)38-7-8-40(43(26-38)58-17-2-22-67-49-46(58)25-35-10-16-52-47(35)54-49)48(61)55-68(64,65)39-27-44-42(45(28-39)60(62)63)30-53-59(44)31-33-11-23-66-24-12-33/h3-8,10,16,25-28,30,33H,1-2,9,11-15,17-24,29,31-32H2,(H,52,54)(H,55,61). The number of hydrogen-bond acceptors (Lipinski definition) is 12. The van der Waals surface area contributed by atoms with E-state index in [-0.39, 0.29) is 16.9 Å². The van der Waals surface area contributed by atoms with Gasteiger partial charge in [0.15, 0.2) is 0 Å². The molecule has 1 amide bonds. The highest BCUT2D eigenvalue weighted by molar-refractivity contribution is 7.90. The zero-order chi connectivity index (χ0) is 46.6. The Bertz CT molecular complexity index is 3060. The predicted octanol–water partition coefficient (Wildman–Crippen LogP) is 8.87. The molecule has 3 aromatic heterocycles. The van der Waals surface area contributed by atoms with Gasteiger partial charge < -0.3 is 24.3 Å². The number of sulfonamides is 1. The number of nitrogens with one attached hydrogen (secondary N) is 2. The molecule has 0 radical (unpaired) electrons. The molecule has 6 heterocycles. The number of anilines is 3. The minimum atomic E-state index is -4.65. The van der Waals surface area contributed by atoms with Gasteiger partial charge in [-0.25, -0.2) is 13.1 Å². The van der Waals surface area contributed by atoms with Gasteiger partial charge in [-0.15, -0.1) is 0 Å². The van der Waals surface area contributed by atoms with E-state index >= 15 is 0 Å². The number of aromatic amines is 1. The SMILES string of the molecule is O=C(NS(=O)(=O)c1cc([N+](=O)[O-])c2cnn(CC3CCOCC3)c2c1)c1ccc(N2CCN(CC3=C(c4ccc(Cl)cc4)CC4(CCC4)CC3)CC2)cc1N1CCCOc2nc3[nH]ccc3cc21. The van der Waals surface area contributed by atoms with E-state index in [1.54, 1.807) is 16.9 Å². The Hall–Kier alpha value is -6.01. The van der Waals surface area contributed by atoms with Gasteiger partial charge in [0.1, 0.15) is 11.3 Å². The lowest BCUT2D eigenvalue weighted by Gasteiger charge is -2.47. The van der Waals surface area contributed by atoms with Crippen LogP contribution in [0.5, 0.6) is 5.88 Å². The maximum Gasteiger partial charge on any atom is 0.281 e. The molecular weight excluding hydrogens is 906 g/mol. The number of ether oxygens (including phenoxy) is 2. The number of rotatable bonds is 11. The first-order valence-corrected chi connectivity index (χ1v) is 25.6. The summed E-state index contributed by atoms with van der Waals surface area (Å²) < 4.78 is 44.2. The second-order valence-electron chi connectivity index (χ2n) is 19.1. The summed E-state index contributed by atoms with van der Waals surface area (Å²) in [6, 6.07) is 20.1. The third kappa shape index (κ3) is 8.69. The van der Waals surface area contributed by atoms with Crippen LogP contribution in [-0.2, 0) is 21.3 Å². The summed E-state index contributed by atoms with van der Waals surface area (Å²) in [5.74, 6) is -0.272. The first kappa shape index (κ1) is 44.5. The van der Waals surface area contributed by atoms with Crippen molar-refractivity contribution in [2.75, 3.05) is 68.9 Å². The zero-order valence-electron chi connectivity index (χ0n) is 37.8. The summed E-state index contributed by atoms with van der Waals surface area (Å²) in [5, 5.41) is 18.6. The lowest BCUT2D eigenvalue weighted by molar-refractivity contribution is -0.383. The Balaban J connectivity index is 0.893. The summed E-state index contributed by atoms with van der Waals surface area (Å²) >= 11 is 6.32. The number of halogens is 1. The Labute approximate surface area is 399 Å². The number of hydrogen-bond donors (Lipinski definition) is 2. The van der Waals surface area contributed by atoms with Gasteiger partial charge in [-0.05, 0) is 122 Å². The van der Waals surface area contributed by atoms with Crippen molar-refractivity contribution in [3.63, 3.8) is 0 Å². The third-order valence-electron chi connectivity index (χ3n) is 15.0. The van der Waals surface area contributed by atoms with Crippen LogP contribution >= 0.6 is 11.6 Å². The average molecular weight is 961 g/mol. The van der Waals surface area contributed by atoms with E-state index in [4.69, 9.17) is 26.1 Å². The van der Waals surface area contributed by atoms with E-state index in [0.29, 0.717) is 73.2 Å². The van der Waals surface area contributed by atoms with E-state index in [2.05, 4.69) is 36.7 Å². The minimum absolute atomic E-state index is 0.112. The summed E-state index contributed by atoms with van der Waals surface area (Å²) in [6.45, 7) is 6.62. The summed E-state index contributed by atoms with van der Waals surface area (Å²) in [4.78, 5) is 40.7. The number of fused-ring (bicyclic) bond motifs is 3. The molecule has 3 aliphatic heterocycles. The molecule has 3 fully saturated rings. The number of pyridine rings is 1. The number of carbonyl (C=O) groups is 1. The average Bonchev–Trinajstić information content (AvgIpc) is 3.91. The van der Waals surface area contributed by atoms with Gasteiger partial charge in [-0.3, -0.25) is 24.5 Å². The summed E-state index contributed by atoms with van der Waals surface area (Å²) in [7, 11) is -4.65. The van der Waals surface area contributed by atoms with Crippen molar-refractivity contribution in [3.05, 3.63) is 111 Å². The van der Waals surface area contributed by atoms with E-state index in [1.807, 2.05) is 41.3 Å². The third-order valence-corrected chi connectivity index (χ3v) is 16.5. The molecule has 68 heavy (non-hydrogen) atoms. The van der Waals surface area contributed by atoms with Crippen molar-refractivity contribution in [1.29, 1.82) is 0 Å². The van der Waals surface area contributed by atoms with Crippen LogP contribution in [0.2, 0.25) is 5.02 Å². The van der Waals surface area contributed by atoms with Crippen LogP contribution in [0.3, 0.4) is 0 Å². The lowest BCUT2D eigenvalue weighted by atomic mass is 9.59. The number of nitro benzene ring substituents is 1. The molecule has 1 saturated carbocycles.